The summed E-state index contributed by atoms with van der Waals surface area (Å²) in [6.07, 6.45) is 0.713. The fourth-order valence-electron chi connectivity index (χ4n) is 2.81. The molecule has 0 spiro atoms. The molecule has 3 rings (SSSR count). The number of ether oxygens (including phenoxy) is 2. The minimum atomic E-state index is -0.498. The first-order valence-corrected chi connectivity index (χ1v) is 8.17. The van der Waals surface area contributed by atoms with Crippen molar-refractivity contribution in [3.8, 4) is 16.9 Å². The molecule has 0 saturated heterocycles. The lowest BCUT2D eigenvalue weighted by molar-refractivity contribution is 0.0516. The molecule has 0 amide bonds. The molecule has 0 fully saturated rings. The summed E-state index contributed by atoms with van der Waals surface area (Å²) in [6.45, 7) is 5.84. The molecule has 3 aromatic rings. The molecule has 0 saturated carbocycles. The first kappa shape index (κ1) is 16.9. The Morgan fingerprint density at radius 3 is 2.64 bits per heavy atom. The number of aromatic nitrogens is 4. The van der Waals surface area contributed by atoms with Crippen molar-refractivity contribution in [1.82, 2.24) is 19.8 Å². The number of aryl methyl sites for hydroxylation is 2. The van der Waals surface area contributed by atoms with Crippen LogP contribution in [0.2, 0.25) is 0 Å². The second kappa shape index (κ2) is 6.88. The zero-order valence-corrected chi connectivity index (χ0v) is 14.7. The third kappa shape index (κ3) is 2.82. The number of para-hydroxylation sites is 1. The van der Waals surface area contributed by atoms with E-state index in [0.29, 0.717) is 17.8 Å². The van der Waals surface area contributed by atoms with E-state index >= 15 is 0 Å². The number of benzene rings is 1. The lowest BCUT2D eigenvalue weighted by Crippen LogP contribution is -2.14. The summed E-state index contributed by atoms with van der Waals surface area (Å²) in [7, 11) is 1.63. The fraction of sp³-hybridized carbons (Fsp3) is 0.333. The van der Waals surface area contributed by atoms with Crippen molar-refractivity contribution in [3.63, 3.8) is 0 Å². The maximum atomic E-state index is 12.1. The topological polar surface area (TPSA) is 78.6 Å². The van der Waals surface area contributed by atoms with Gasteiger partial charge in [-0.05, 0) is 26.3 Å². The van der Waals surface area contributed by atoms with Gasteiger partial charge in [-0.25, -0.2) is 9.31 Å². The van der Waals surface area contributed by atoms with Crippen molar-refractivity contribution in [1.29, 1.82) is 0 Å². The van der Waals surface area contributed by atoms with Crippen molar-refractivity contribution in [3.05, 3.63) is 41.3 Å². The second-order valence-electron chi connectivity index (χ2n) is 5.47. The molecule has 1 aromatic carbocycles. The summed E-state index contributed by atoms with van der Waals surface area (Å²) in [5.41, 5.74) is 3.99. The van der Waals surface area contributed by atoms with Crippen LogP contribution in [-0.4, -0.2) is 39.5 Å². The zero-order chi connectivity index (χ0) is 18.0. The first-order chi connectivity index (χ1) is 12.1. The number of nitrogens with zero attached hydrogens (tertiary/aromatic N) is 4. The molecule has 0 aliphatic heterocycles. The highest BCUT2D eigenvalue weighted by atomic mass is 16.5. The number of fused-ring (bicyclic) bond motifs is 1. The fourth-order valence-corrected chi connectivity index (χ4v) is 2.81. The minimum absolute atomic E-state index is 0.172. The molecule has 0 unspecified atom stereocenters. The van der Waals surface area contributed by atoms with Gasteiger partial charge in [-0.15, -0.1) is 10.2 Å². The van der Waals surface area contributed by atoms with Gasteiger partial charge < -0.3 is 9.47 Å². The van der Waals surface area contributed by atoms with Gasteiger partial charge in [0.25, 0.3) is 0 Å². The van der Waals surface area contributed by atoms with Crippen LogP contribution in [0.5, 0.6) is 5.75 Å². The number of hydrogen-bond donors (Lipinski definition) is 0. The Bertz CT molecular complexity index is 933. The van der Waals surface area contributed by atoms with Crippen molar-refractivity contribution in [2.45, 2.75) is 27.2 Å². The maximum absolute atomic E-state index is 12.1. The minimum Gasteiger partial charge on any atom is -0.496 e. The molecule has 0 atom stereocenters. The van der Waals surface area contributed by atoms with Gasteiger partial charge in [0.05, 0.1) is 30.7 Å². The Balaban J connectivity index is 2.27. The molecule has 0 N–H and O–H groups in total. The highest BCUT2D eigenvalue weighted by Crippen LogP contribution is 2.35. The van der Waals surface area contributed by atoms with E-state index in [1.54, 1.807) is 25.5 Å². The Kier molecular flexibility index (Phi) is 4.65. The highest BCUT2D eigenvalue weighted by Gasteiger charge is 2.23. The Hall–Kier alpha value is -2.96. The lowest BCUT2D eigenvalue weighted by atomic mass is 10.0. The predicted molar refractivity (Wildman–Crippen MR) is 92.8 cm³/mol. The van der Waals surface area contributed by atoms with Crippen molar-refractivity contribution in [2.75, 3.05) is 13.7 Å². The average molecular weight is 340 g/mol. The van der Waals surface area contributed by atoms with Crippen LogP contribution in [0.3, 0.4) is 0 Å². The summed E-state index contributed by atoms with van der Waals surface area (Å²) >= 11 is 0. The molecule has 2 aromatic heterocycles. The standard InChI is InChI=1S/C18H20N4O3/c1-5-13-15(12-9-7-8-10-14(12)24-4)17-20-19-16(18(23)25-6-2)11(3)22(17)21-13/h7-10H,5-6H2,1-4H3. The van der Waals surface area contributed by atoms with Crippen LogP contribution in [0.15, 0.2) is 24.3 Å². The monoisotopic (exact) mass is 340 g/mol. The van der Waals surface area contributed by atoms with E-state index in [1.807, 2.05) is 31.2 Å². The van der Waals surface area contributed by atoms with Crippen molar-refractivity contribution < 1.29 is 14.3 Å². The number of carbonyl (C=O) groups is 1. The third-order valence-electron chi connectivity index (χ3n) is 4.02. The van der Waals surface area contributed by atoms with E-state index in [-0.39, 0.29) is 12.3 Å². The van der Waals surface area contributed by atoms with Crippen LogP contribution in [0.4, 0.5) is 0 Å². The van der Waals surface area contributed by atoms with Crippen LogP contribution in [0.25, 0.3) is 16.8 Å². The van der Waals surface area contributed by atoms with Gasteiger partial charge in [-0.3, -0.25) is 0 Å². The quantitative estimate of drug-likeness (QED) is 0.665. The van der Waals surface area contributed by atoms with Crippen molar-refractivity contribution >= 4 is 11.6 Å². The molecule has 130 valence electrons. The van der Waals surface area contributed by atoms with Gasteiger partial charge in [-0.2, -0.15) is 5.10 Å². The first-order valence-electron chi connectivity index (χ1n) is 8.17. The molecule has 7 heteroatoms. The molecule has 0 aliphatic carbocycles. The van der Waals surface area contributed by atoms with E-state index < -0.39 is 5.97 Å². The number of esters is 1. The van der Waals surface area contributed by atoms with Crippen LogP contribution in [-0.2, 0) is 11.2 Å². The Labute approximate surface area is 145 Å². The van der Waals surface area contributed by atoms with E-state index in [4.69, 9.17) is 9.47 Å². The van der Waals surface area contributed by atoms with Gasteiger partial charge in [-0.1, -0.05) is 25.1 Å². The van der Waals surface area contributed by atoms with Crippen LogP contribution in [0, 0.1) is 6.92 Å². The van der Waals surface area contributed by atoms with Crippen LogP contribution >= 0.6 is 0 Å². The molecule has 0 radical (unpaired) electrons. The Morgan fingerprint density at radius 1 is 1.20 bits per heavy atom. The second-order valence-corrected chi connectivity index (χ2v) is 5.47. The summed E-state index contributed by atoms with van der Waals surface area (Å²) in [5, 5.41) is 13.0. The molecule has 2 heterocycles. The summed E-state index contributed by atoms with van der Waals surface area (Å²) in [4.78, 5) is 12.1. The van der Waals surface area contributed by atoms with Crippen molar-refractivity contribution in [2.24, 2.45) is 0 Å². The van der Waals surface area contributed by atoms with Crippen LogP contribution < -0.4 is 4.74 Å². The lowest BCUT2D eigenvalue weighted by Gasteiger charge is -2.08. The van der Waals surface area contributed by atoms with Crippen LogP contribution in [0.1, 0.15) is 35.7 Å². The smallest absolute Gasteiger partial charge is 0.360 e. The number of rotatable bonds is 5. The molecular formula is C18H20N4O3. The maximum Gasteiger partial charge on any atom is 0.360 e. The third-order valence-corrected chi connectivity index (χ3v) is 4.02. The van der Waals surface area contributed by atoms with Gasteiger partial charge in [0.1, 0.15) is 5.75 Å². The van der Waals surface area contributed by atoms with E-state index in [2.05, 4.69) is 15.3 Å². The number of methoxy groups -OCH3 is 1. The normalized spacial score (nSPS) is 10.9. The largest absolute Gasteiger partial charge is 0.496 e. The summed E-state index contributed by atoms with van der Waals surface area (Å²) in [6, 6.07) is 7.71. The zero-order valence-electron chi connectivity index (χ0n) is 14.7. The van der Waals surface area contributed by atoms with E-state index in [0.717, 1.165) is 22.6 Å². The van der Waals surface area contributed by atoms with Gasteiger partial charge in [0.15, 0.2) is 11.3 Å². The average Bonchev–Trinajstić information content (AvgIpc) is 3.01. The summed E-state index contributed by atoms with van der Waals surface area (Å²) < 4.78 is 12.2. The molecular weight excluding hydrogens is 320 g/mol. The molecule has 0 aliphatic rings. The SMILES string of the molecule is CCOC(=O)c1nnc2c(-c3ccccc3OC)c(CC)nn2c1C. The van der Waals surface area contributed by atoms with E-state index in [1.165, 1.54) is 0 Å². The predicted octanol–water partition coefficient (Wildman–Crippen LogP) is 2.85. The van der Waals surface area contributed by atoms with Gasteiger partial charge in [0.2, 0.25) is 0 Å². The number of carbonyl (C=O) groups excluding carboxylic acids is 1. The number of hydrogen-bond acceptors (Lipinski definition) is 6. The summed E-state index contributed by atoms with van der Waals surface area (Å²) in [5.74, 6) is 0.239. The Morgan fingerprint density at radius 2 is 1.96 bits per heavy atom. The van der Waals surface area contributed by atoms with Gasteiger partial charge >= 0.3 is 5.97 Å². The molecule has 0 bridgehead atoms. The highest BCUT2D eigenvalue weighted by molar-refractivity contribution is 5.89. The molecule has 7 nitrogen and oxygen atoms in total. The van der Waals surface area contributed by atoms with Gasteiger partial charge in [0, 0.05) is 5.56 Å². The van der Waals surface area contributed by atoms with E-state index in [9.17, 15) is 4.79 Å². The molecule has 25 heavy (non-hydrogen) atoms.